The van der Waals surface area contributed by atoms with E-state index in [-0.39, 0.29) is 12.5 Å². The van der Waals surface area contributed by atoms with Crippen LogP contribution in [-0.4, -0.2) is 25.8 Å². The van der Waals surface area contributed by atoms with Crippen LogP contribution < -0.4 is 14.9 Å². The SMILES string of the molecule is COc1ccc(Br)cc1/C=N/NC(=O)COc1ccccc1C. The number of rotatable bonds is 6. The minimum absolute atomic E-state index is 0.0994. The van der Waals surface area contributed by atoms with E-state index in [0.29, 0.717) is 11.5 Å². The van der Waals surface area contributed by atoms with E-state index in [0.717, 1.165) is 15.6 Å². The maximum absolute atomic E-state index is 11.7. The highest BCUT2D eigenvalue weighted by molar-refractivity contribution is 9.10. The molecule has 2 aromatic carbocycles. The third kappa shape index (κ3) is 5.10. The maximum atomic E-state index is 11.7. The van der Waals surface area contributed by atoms with Gasteiger partial charge in [-0.15, -0.1) is 0 Å². The van der Waals surface area contributed by atoms with Crippen LogP contribution in [0.3, 0.4) is 0 Å². The summed E-state index contributed by atoms with van der Waals surface area (Å²) in [5.74, 6) is 1.01. The zero-order valence-corrected chi connectivity index (χ0v) is 14.5. The van der Waals surface area contributed by atoms with Gasteiger partial charge in [-0.3, -0.25) is 4.79 Å². The Morgan fingerprint density at radius 2 is 2.04 bits per heavy atom. The van der Waals surface area contributed by atoms with E-state index in [2.05, 4.69) is 26.5 Å². The minimum Gasteiger partial charge on any atom is -0.496 e. The molecule has 0 aliphatic carbocycles. The summed E-state index contributed by atoms with van der Waals surface area (Å²) in [6, 6.07) is 13.0. The summed E-state index contributed by atoms with van der Waals surface area (Å²) < 4.78 is 11.6. The van der Waals surface area contributed by atoms with Crippen molar-refractivity contribution in [1.82, 2.24) is 5.43 Å². The zero-order chi connectivity index (χ0) is 16.7. The number of halogens is 1. The first-order chi connectivity index (χ1) is 11.1. The standard InChI is InChI=1S/C17H17BrN2O3/c1-12-5-3-4-6-15(12)23-11-17(21)20-19-10-13-9-14(18)7-8-16(13)22-2/h3-10H,11H2,1-2H3,(H,20,21)/b19-10+. The summed E-state index contributed by atoms with van der Waals surface area (Å²) in [6.07, 6.45) is 1.52. The van der Waals surface area contributed by atoms with E-state index in [1.165, 1.54) is 6.21 Å². The Morgan fingerprint density at radius 3 is 2.78 bits per heavy atom. The maximum Gasteiger partial charge on any atom is 0.277 e. The lowest BCUT2D eigenvalue weighted by Crippen LogP contribution is -2.24. The molecule has 0 saturated heterocycles. The van der Waals surface area contributed by atoms with Crippen LogP contribution in [0.4, 0.5) is 0 Å². The van der Waals surface area contributed by atoms with Gasteiger partial charge >= 0.3 is 0 Å². The molecule has 0 saturated carbocycles. The molecule has 1 amide bonds. The number of aryl methyl sites for hydroxylation is 1. The molecule has 0 aliphatic rings. The van der Waals surface area contributed by atoms with E-state index in [4.69, 9.17) is 9.47 Å². The van der Waals surface area contributed by atoms with Gasteiger partial charge in [-0.25, -0.2) is 5.43 Å². The Hall–Kier alpha value is -2.34. The first kappa shape index (κ1) is 17.0. The smallest absolute Gasteiger partial charge is 0.277 e. The Kier molecular flexibility index (Phi) is 6.17. The van der Waals surface area contributed by atoms with Crippen molar-refractivity contribution in [2.24, 2.45) is 5.10 Å². The number of hydrogen-bond donors (Lipinski definition) is 1. The number of hydrogen-bond acceptors (Lipinski definition) is 4. The number of para-hydroxylation sites is 1. The van der Waals surface area contributed by atoms with Crippen LogP contribution in [0.5, 0.6) is 11.5 Å². The molecule has 0 fully saturated rings. The van der Waals surface area contributed by atoms with E-state index >= 15 is 0 Å². The van der Waals surface area contributed by atoms with Gasteiger partial charge in [-0.2, -0.15) is 5.10 Å². The van der Waals surface area contributed by atoms with Crippen molar-refractivity contribution in [3.05, 3.63) is 58.1 Å². The van der Waals surface area contributed by atoms with E-state index in [1.807, 2.05) is 49.4 Å². The van der Waals surface area contributed by atoms with Crippen LogP contribution in [0, 0.1) is 6.92 Å². The van der Waals surface area contributed by atoms with Crippen LogP contribution in [0.25, 0.3) is 0 Å². The van der Waals surface area contributed by atoms with Crippen LogP contribution in [-0.2, 0) is 4.79 Å². The number of hydrazone groups is 1. The molecule has 23 heavy (non-hydrogen) atoms. The van der Waals surface area contributed by atoms with E-state index in [9.17, 15) is 4.79 Å². The molecule has 6 heteroatoms. The second kappa shape index (κ2) is 8.33. The molecule has 0 aliphatic heterocycles. The average molecular weight is 377 g/mol. The summed E-state index contributed by atoms with van der Waals surface area (Å²) in [5, 5.41) is 3.92. The second-order valence-electron chi connectivity index (χ2n) is 4.73. The lowest BCUT2D eigenvalue weighted by Gasteiger charge is -2.07. The summed E-state index contributed by atoms with van der Waals surface area (Å²) >= 11 is 3.38. The molecular formula is C17H17BrN2O3. The summed E-state index contributed by atoms with van der Waals surface area (Å²) in [6.45, 7) is 1.82. The molecule has 0 spiro atoms. The van der Waals surface area contributed by atoms with Gasteiger partial charge in [-0.1, -0.05) is 34.1 Å². The topological polar surface area (TPSA) is 59.9 Å². The molecule has 120 valence electrons. The highest BCUT2D eigenvalue weighted by Gasteiger charge is 2.04. The molecular weight excluding hydrogens is 360 g/mol. The number of ether oxygens (including phenoxy) is 2. The van der Waals surface area contributed by atoms with Crippen molar-refractivity contribution in [2.45, 2.75) is 6.92 Å². The van der Waals surface area contributed by atoms with Crippen molar-refractivity contribution in [1.29, 1.82) is 0 Å². The van der Waals surface area contributed by atoms with Gasteiger partial charge in [-0.05, 0) is 36.8 Å². The van der Waals surface area contributed by atoms with Crippen molar-refractivity contribution >= 4 is 28.1 Å². The number of methoxy groups -OCH3 is 1. The molecule has 1 N–H and O–H groups in total. The van der Waals surface area contributed by atoms with Gasteiger partial charge in [0.15, 0.2) is 6.61 Å². The van der Waals surface area contributed by atoms with E-state index in [1.54, 1.807) is 7.11 Å². The van der Waals surface area contributed by atoms with Crippen molar-refractivity contribution in [3.63, 3.8) is 0 Å². The van der Waals surface area contributed by atoms with E-state index < -0.39 is 0 Å². The Labute approximate surface area is 143 Å². The number of nitrogens with one attached hydrogen (secondary N) is 1. The zero-order valence-electron chi connectivity index (χ0n) is 12.9. The van der Waals surface area contributed by atoms with Gasteiger partial charge in [0.05, 0.1) is 13.3 Å². The quantitative estimate of drug-likeness (QED) is 0.621. The predicted octanol–water partition coefficient (Wildman–Crippen LogP) is 3.30. The fourth-order valence-electron chi connectivity index (χ4n) is 1.87. The van der Waals surface area contributed by atoms with Crippen LogP contribution >= 0.6 is 15.9 Å². The number of nitrogens with zero attached hydrogens (tertiary/aromatic N) is 1. The average Bonchev–Trinajstić information content (AvgIpc) is 2.54. The van der Waals surface area contributed by atoms with Gasteiger partial charge < -0.3 is 9.47 Å². The molecule has 5 nitrogen and oxygen atoms in total. The second-order valence-corrected chi connectivity index (χ2v) is 5.65. The highest BCUT2D eigenvalue weighted by atomic mass is 79.9. The molecule has 0 aromatic heterocycles. The first-order valence-electron chi connectivity index (χ1n) is 6.94. The molecule has 0 atom stereocenters. The molecule has 2 aromatic rings. The number of amides is 1. The number of benzene rings is 2. The lowest BCUT2D eigenvalue weighted by atomic mass is 10.2. The highest BCUT2D eigenvalue weighted by Crippen LogP contribution is 2.21. The van der Waals surface area contributed by atoms with Crippen molar-refractivity contribution < 1.29 is 14.3 Å². The largest absolute Gasteiger partial charge is 0.496 e. The van der Waals surface area contributed by atoms with Crippen LogP contribution in [0.1, 0.15) is 11.1 Å². The molecule has 0 unspecified atom stereocenters. The van der Waals surface area contributed by atoms with Gasteiger partial charge in [0.25, 0.3) is 5.91 Å². The Bertz CT molecular complexity index is 717. The van der Waals surface area contributed by atoms with Gasteiger partial charge in [0.1, 0.15) is 11.5 Å². The van der Waals surface area contributed by atoms with Crippen LogP contribution in [0.2, 0.25) is 0 Å². The summed E-state index contributed by atoms with van der Waals surface area (Å²) in [5.41, 5.74) is 4.15. The number of carbonyl (C=O) groups excluding carboxylic acids is 1. The van der Waals surface area contributed by atoms with Crippen molar-refractivity contribution in [3.8, 4) is 11.5 Å². The normalized spacial score (nSPS) is 10.6. The summed E-state index contributed by atoms with van der Waals surface area (Å²) in [4.78, 5) is 11.7. The number of carbonyl (C=O) groups is 1. The third-order valence-electron chi connectivity index (χ3n) is 3.04. The fourth-order valence-corrected chi connectivity index (χ4v) is 2.25. The lowest BCUT2D eigenvalue weighted by molar-refractivity contribution is -0.123. The monoisotopic (exact) mass is 376 g/mol. The third-order valence-corrected chi connectivity index (χ3v) is 3.53. The fraction of sp³-hybridized carbons (Fsp3) is 0.176. The molecule has 0 bridgehead atoms. The van der Waals surface area contributed by atoms with Crippen LogP contribution in [0.15, 0.2) is 52.0 Å². The molecule has 0 radical (unpaired) electrons. The Morgan fingerprint density at radius 1 is 1.26 bits per heavy atom. The predicted molar refractivity (Wildman–Crippen MR) is 93.1 cm³/mol. The van der Waals surface area contributed by atoms with Gasteiger partial charge in [0.2, 0.25) is 0 Å². The van der Waals surface area contributed by atoms with Crippen molar-refractivity contribution in [2.75, 3.05) is 13.7 Å². The molecule has 0 heterocycles. The summed E-state index contributed by atoms with van der Waals surface area (Å²) in [7, 11) is 1.58. The van der Waals surface area contributed by atoms with Gasteiger partial charge in [0, 0.05) is 10.0 Å². The Balaban J connectivity index is 1.89. The first-order valence-corrected chi connectivity index (χ1v) is 7.73. The molecule has 2 rings (SSSR count). The minimum atomic E-state index is -0.335.